The van der Waals surface area contributed by atoms with Crippen LogP contribution in [0.4, 0.5) is 0 Å². The zero-order chi connectivity index (χ0) is 15.9. The van der Waals surface area contributed by atoms with Crippen molar-refractivity contribution in [2.75, 3.05) is 19.6 Å². The maximum Gasteiger partial charge on any atom is 0.0829 e. The molecule has 3 heteroatoms. The van der Waals surface area contributed by atoms with Crippen LogP contribution in [0.25, 0.3) is 0 Å². The highest BCUT2D eigenvalue weighted by Gasteiger charge is 2.23. The Hall–Kier alpha value is -0.120. The summed E-state index contributed by atoms with van der Waals surface area (Å²) in [5, 5.41) is 16.3. The first-order valence-electron chi connectivity index (χ1n) is 9.96. The van der Waals surface area contributed by atoms with E-state index in [0.717, 1.165) is 19.6 Å². The summed E-state index contributed by atoms with van der Waals surface area (Å²) in [6, 6.07) is 0.275. The van der Waals surface area contributed by atoms with Gasteiger partial charge in [-0.05, 0) is 13.0 Å². The zero-order valence-corrected chi connectivity index (χ0v) is 14.9. The average Bonchev–Trinajstić information content (AvgIpc) is 2.93. The molecule has 0 saturated carbocycles. The fourth-order valence-corrected chi connectivity index (χ4v) is 3.30. The molecule has 0 amide bonds. The van der Waals surface area contributed by atoms with Crippen molar-refractivity contribution in [3.63, 3.8) is 0 Å². The number of nitrogens with one attached hydrogen (secondary N) is 2. The maximum atomic E-state index is 9.67. The van der Waals surface area contributed by atoms with Gasteiger partial charge < -0.3 is 15.7 Å². The molecule has 3 nitrogen and oxygen atoms in total. The summed E-state index contributed by atoms with van der Waals surface area (Å²) in [6.45, 7) is 5.00. The molecule has 0 aromatic carbocycles. The molecular formula is C19H40N2O. The Bertz CT molecular complexity index is 235. The van der Waals surface area contributed by atoms with Crippen molar-refractivity contribution >= 4 is 0 Å². The molecule has 0 aliphatic carbocycles. The van der Waals surface area contributed by atoms with Crippen molar-refractivity contribution in [2.45, 2.75) is 103 Å². The lowest BCUT2D eigenvalue weighted by molar-refractivity contribution is 0.163. The van der Waals surface area contributed by atoms with Crippen LogP contribution in [-0.2, 0) is 0 Å². The Morgan fingerprint density at radius 1 is 0.773 bits per heavy atom. The lowest BCUT2D eigenvalue weighted by Crippen LogP contribution is -2.39. The van der Waals surface area contributed by atoms with Crippen molar-refractivity contribution in [1.82, 2.24) is 10.6 Å². The molecule has 0 aromatic heterocycles. The molecular weight excluding hydrogens is 272 g/mol. The van der Waals surface area contributed by atoms with Gasteiger partial charge in [-0.25, -0.2) is 0 Å². The van der Waals surface area contributed by atoms with Crippen molar-refractivity contribution < 1.29 is 5.11 Å². The molecule has 1 fully saturated rings. The predicted octanol–water partition coefficient (Wildman–Crippen LogP) is 4.00. The van der Waals surface area contributed by atoms with Gasteiger partial charge in [-0.15, -0.1) is 0 Å². The van der Waals surface area contributed by atoms with E-state index >= 15 is 0 Å². The van der Waals surface area contributed by atoms with Gasteiger partial charge in [0.1, 0.15) is 0 Å². The van der Waals surface area contributed by atoms with Crippen molar-refractivity contribution in [2.24, 2.45) is 0 Å². The van der Waals surface area contributed by atoms with Crippen LogP contribution < -0.4 is 10.6 Å². The second kappa shape index (κ2) is 14.5. The minimum absolute atomic E-state index is 0.193. The Kier molecular flexibility index (Phi) is 13.1. The molecule has 0 spiro atoms. The highest BCUT2D eigenvalue weighted by atomic mass is 16.3. The smallest absolute Gasteiger partial charge is 0.0829 e. The van der Waals surface area contributed by atoms with E-state index in [-0.39, 0.29) is 12.1 Å². The van der Waals surface area contributed by atoms with Crippen molar-refractivity contribution in [3.05, 3.63) is 0 Å². The standard InChI is InChI=1S/C19H40N2O/c1-2-3-4-5-6-7-8-9-10-11-12-13-14-15-21-18-16-20-17-19(18)22/h18-22H,2-17H2,1H3. The SMILES string of the molecule is CCCCCCCCCCCCCCCNC1CNCC1O. The lowest BCUT2D eigenvalue weighted by Gasteiger charge is -2.15. The van der Waals surface area contributed by atoms with E-state index in [1.807, 2.05) is 0 Å². The largest absolute Gasteiger partial charge is 0.390 e. The number of rotatable bonds is 15. The molecule has 1 aliphatic heterocycles. The van der Waals surface area contributed by atoms with Gasteiger partial charge in [0.25, 0.3) is 0 Å². The monoisotopic (exact) mass is 312 g/mol. The maximum absolute atomic E-state index is 9.67. The van der Waals surface area contributed by atoms with Crippen LogP contribution in [0.2, 0.25) is 0 Å². The van der Waals surface area contributed by atoms with Crippen molar-refractivity contribution in [1.29, 1.82) is 0 Å². The first-order chi connectivity index (χ1) is 10.8. The van der Waals surface area contributed by atoms with E-state index in [0.29, 0.717) is 0 Å². The fourth-order valence-electron chi connectivity index (χ4n) is 3.30. The number of aliphatic hydroxyl groups excluding tert-OH is 1. The van der Waals surface area contributed by atoms with E-state index in [4.69, 9.17) is 0 Å². The molecule has 1 aliphatic rings. The van der Waals surface area contributed by atoms with Crippen LogP contribution in [0.3, 0.4) is 0 Å². The zero-order valence-electron chi connectivity index (χ0n) is 14.9. The van der Waals surface area contributed by atoms with Gasteiger partial charge in [-0.1, -0.05) is 84.0 Å². The second-order valence-electron chi connectivity index (χ2n) is 7.03. The van der Waals surface area contributed by atoms with Crippen LogP contribution in [0.5, 0.6) is 0 Å². The summed E-state index contributed by atoms with van der Waals surface area (Å²) in [6.07, 6.45) is 18.1. The normalized spacial score (nSPS) is 21.5. The molecule has 1 saturated heterocycles. The van der Waals surface area contributed by atoms with Gasteiger partial charge in [0, 0.05) is 19.1 Å². The number of hydrogen-bond donors (Lipinski definition) is 3. The Morgan fingerprint density at radius 2 is 1.27 bits per heavy atom. The molecule has 0 aromatic rings. The molecule has 132 valence electrons. The van der Waals surface area contributed by atoms with E-state index in [1.54, 1.807) is 0 Å². The van der Waals surface area contributed by atoms with Crippen LogP contribution in [0.1, 0.15) is 90.4 Å². The summed E-state index contributed by atoms with van der Waals surface area (Å²) >= 11 is 0. The molecule has 2 unspecified atom stereocenters. The van der Waals surface area contributed by atoms with Crippen LogP contribution in [-0.4, -0.2) is 36.9 Å². The summed E-state index contributed by atoms with van der Waals surface area (Å²) in [5.74, 6) is 0. The summed E-state index contributed by atoms with van der Waals surface area (Å²) < 4.78 is 0. The van der Waals surface area contributed by atoms with E-state index < -0.39 is 0 Å². The highest BCUT2D eigenvalue weighted by Crippen LogP contribution is 2.12. The van der Waals surface area contributed by atoms with Gasteiger partial charge >= 0.3 is 0 Å². The second-order valence-corrected chi connectivity index (χ2v) is 7.03. The van der Waals surface area contributed by atoms with Gasteiger partial charge in [-0.3, -0.25) is 0 Å². The molecule has 3 N–H and O–H groups in total. The quantitative estimate of drug-likeness (QED) is 0.400. The third-order valence-electron chi connectivity index (χ3n) is 4.87. The topological polar surface area (TPSA) is 44.3 Å². The van der Waals surface area contributed by atoms with E-state index in [2.05, 4.69) is 17.6 Å². The van der Waals surface area contributed by atoms with Crippen LogP contribution in [0.15, 0.2) is 0 Å². The molecule has 22 heavy (non-hydrogen) atoms. The van der Waals surface area contributed by atoms with Crippen LogP contribution in [0, 0.1) is 0 Å². The minimum Gasteiger partial charge on any atom is -0.390 e. The third kappa shape index (κ3) is 10.6. The van der Waals surface area contributed by atoms with Crippen LogP contribution >= 0.6 is 0 Å². The first kappa shape index (κ1) is 19.9. The fraction of sp³-hybridized carbons (Fsp3) is 1.00. The summed E-state index contributed by atoms with van der Waals surface area (Å²) in [5.41, 5.74) is 0. The number of aliphatic hydroxyl groups is 1. The first-order valence-corrected chi connectivity index (χ1v) is 9.96. The summed E-state index contributed by atoms with van der Waals surface area (Å²) in [4.78, 5) is 0. The minimum atomic E-state index is -0.193. The number of hydrogen-bond acceptors (Lipinski definition) is 3. The van der Waals surface area contributed by atoms with E-state index in [1.165, 1.54) is 83.5 Å². The molecule has 1 rings (SSSR count). The Labute approximate surface area is 138 Å². The van der Waals surface area contributed by atoms with Gasteiger partial charge in [0.05, 0.1) is 6.10 Å². The predicted molar refractivity (Wildman–Crippen MR) is 96.4 cm³/mol. The molecule has 0 bridgehead atoms. The highest BCUT2D eigenvalue weighted by molar-refractivity contribution is 4.85. The van der Waals surface area contributed by atoms with Gasteiger partial charge in [0.2, 0.25) is 0 Å². The number of unbranched alkanes of at least 4 members (excludes halogenated alkanes) is 12. The third-order valence-corrected chi connectivity index (χ3v) is 4.87. The molecule has 2 atom stereocenters. The van der Waals surface area contributed by atoms with Gasteiger partial charge in [-0.2, -0.15) is 0 Å². The Balaban J connectivity index is 1.69. The Morgan fingerprint density at radius 3 is 1.73 bits per heavy atom. The van der Waals surface area contributed by atoms with E-state index in [9.17, 15) is 5.11 Å². The molecule has 0 radical (unpaired) electrons. The lowest BCUT2D eigenvalue weighted by atomic mass is 10.0. The number of β-amino-alcohol motifs (C(OH)–C–C–N with tert-alkyl or cyclic N) is 1. The molecule has 1 heterocycles. The average molecular weight is 313 g/mol. The summed E-state index contributed by atoms with van der Waals surface area (Å²) in [7, 11) is 0. The van der Waals surface area contributed by atoms with Gasteiger partial charge in [0.15, 0.2) is 0 Å². The van der Waals surface area contributed by atoms with Crippen molar-refractivity contribution in [3.8, 4) is 0 Å².